The molecule has 2 aromatic heterocycles. The standard InChI is InChI=1S/C25H28FN5O2/c26-20-9-5-17(6-10-20)15-22(32)30-13-2-3-19(16-30)23-21-4-1-11-27-24(21)31(29-23)14-12-28-25(33)18-7-8-18/h1,4-6,9-11,18-19H,2-3,7-8,12-16H2,(H,28,33)/t19-/m0/s1. The minimum absolute atomic E-state index is 0.0518. The van der Waals surface area contributed by atoms with Crippen molar-refractivity contribution in [2.75, 3.05) is 19.6 Å². The fourth-order valence-corrected chi connectivity index (χ4v) is 4.58. The largest absolute Gasteiger partial charge is 0.354 e. The first-order valence-electron chi connectivity index (χ1n) is 11.7. The minimum Gasteiger partial charge on any atom is -0.354 e. The van der Waals surface area contributed by atoms with Crippen molar-refractivity contribution in [3.8, 4) is 0 Å². The van der Waals surface area contributed by atoms with Crippen molar-refractivity contribution >= 4 is 22.8 Å². The molecule has 0 unspecified atom stereocenters. The molecule has 1 saturated carbocycles. The molecule has 2 aliphatic rings. The molecule has 8 heteroatoms. The third-order valence-electron chi connectivity index (χ3n) is 6.54. The Labute approximate surface area is 192 Å². The van der Waals surface area contributed by atoms with Crippen LogP contribution in [-0.4, -0.2) is 51.1 Å². The smallest absolute Gasteiger partial charge is 0.227 e. The van der Waals surface area contributed by atoms with E-state index in [4.69, 9.17) is 5.10 Å². The lowest BCUT2D eigenvalue weighted by molar-refractivity contribution is -0.131. The van der Waals surface area contributed by atoms with Crippen molar-refractivity contribution in [2.45, 2.75) is 44.6 Å². The number of pyridine rings is 1. The maximum atomic E-state index is 13.2. The Hall–Kier alpha value is -3.29. The van der Waals surface area contributed by atoms with Crippen LogP contribution in [0.3, 0.4) is 0 Å². The number of hydrogen-bond acceptors (Lipinski definition) is 4. The molecule has 0 spiro atoms. The van der Waals surface area contributed by atoms with Gasteiger partial charge >= 0.3 is 0 Å². The second kappa shape index (κ2) is 9.29. The third kappa shape index (κ3) is 4.89. The molecule has 1 atom stereocenters. The molecule has 5 rings (SSSR count). The predicted molar refractivity (Wildman–Crippen MR) is 122 cm³/mol. The number of aromatic nitrogens is 3. The number of amides is 2. The molecule has 1 aliphatic heterocycles. The normalized spacial score (nSPS) is 18.5. The van der Waals surface area contributed by atoms with Crippen molar-refractivity contribution in [1.82, 2.24) is 25.0 Å². The highest BCUT2D eigenvalue weighted by molar-refractivity contribution is 5.81. The van der Waals surface area contributed by atoms with E-state index >= 15 is 0 Å². The van der Waals surface area contributed by atoms with Gasteiger partial charge in [0.1, 0.15) is 5.82 Å². The zero-order valence-corrected chi connectivity index (χ0v) is 18.5. The van der Waals surface area contributed by atoms with Crippen LogP contribution in [0.2, 0.25) is 0 Å². The minimum atomic E-state index is -0.299. The van der Waals surface area contributed by atoms with Gasteiger partial charge in [-0.25, -0.2) is 14.1 Å². The van der Waals surface area contributed by atoms with E-state index in [1.807, 2.05) is 21.7 Å². The number of nitrogens with zero attached hydrogens (tertiary/aromatic N) is 4. The van der Waals surface area contributed by atoms with E-state index in [1.165, 1.54) is 12.1 Å². The van der Waals surface area contributed by atoms with Crippen LogP contribution in [0.15, 0.2) is 42.6 Å². The van der Waals surface area contributed by atoms with Crippen LogP contribution >= 0.6 is 0 Å². The van der Waals surface area contributed by atoms with Gasteiger partial charge < -0.3 is 10.2 Å². The number of halogens is 1. The fraction of sp³-hybridized carbons (Fsp3) is 0.440. The highest BCUT2D eigenvalue weighted by atomic mass is 19.1. The molecule has 172 valence electrons. The Morgan fingerprint density at radius 1 is 1.12 bits per heavy atom. The van der Waals surface area contributed by atoms with Gasteiger partial charge in [0, 0.05) is 43.1 Å². The molecule has 1 aliphatic carbocycles. The first kappa shape index (κ1) is 21.6. The van der Waals surface area contributed by atoms with Crippen LogP contribution in [-0.2, 0) is 22.6 Å². The number of nitrogens with one attached hydrogen (secondary N) is 1. The molecule has 1 saturated heterocycles. The van der Waals surface area contributed by atoms with Crippen molar-refractivity contribution in [1.29, 1.82) is 0 Å². The number of carbonyl (C=O) groups excluding carboxylic acids is 2. The molecule has 1 N–H and O–H groups in total. The molecular formula is C25H28FN5O2. The highest BCUT2D eigenvalue weighted by Crippen LogP contribution is 2.31. The molecule has 2 amide bonds. The van der Waals surface area contributed by atoms with Gasteiger partial charge in [0.15, 0.2) is 5.65 Å². The molecule has 0 bridgehead atoms. The van der Waals surface area contributed by atoms with E-state index in [2.05, 4.69) is 10.3 Å². The monoisotopic (exact) mass is 449 g/mol. The van der Waals surface area contributed by atoms with Crippen LogP contribution in [0.5, 0.6) is 0 Å². The summed E-state index contributed by atoms with van der Waals surface area (Å²) in [5, 5.41) is 8.88. The van der Waals surface area contributed by atoms with E-state index < -0.39 is 0 Å². The van der Waals surface area contributed by atoms with E-state index in [1.54, 1.807) is 18.3 Å². The summed E-state index contributed by atoms with van der Waals surface area (Å²) in [4.78, 5) is 31.3. The van der Waals surface area contributed by atoms with Crippen molar-refractivity contribution in [2.24, 2.45) is 5.92 Å². The van der Waals surface area contributed by atoms with Crippen LogP contribution < -0.4 is 5.32 Å². The molecule has 0 radical (unpaired) electrons. The number of piperidine rings is 1. The van der Waals surface area contributed by atoms with Gasteiger partial charge in [-0.3, -0.25) is 9.59 Å². The fourth-order valence-electron chi connectivity index (χ4n) is 4.58. The summed E-state index contributed by atoms with van der Waals surface area (Å²) in [6.45, 7) is 2.42. The third-order valence-corrected chi connectivity index (χ3v) is 6.54. The first-order chi connectivity index (χ1) is 16.1. The van der Waals surface area contributed by atoms with Crippen molar-refractivity contribution in [3.63, 3.8) is 0 Å². The van der Waals surface area contributed by atoms with E-state index in [0.717, 1.165) is 54.5 Å². The van der Waals surface area contributed by atoms with Crippen LogP contribution in [0.25, 0.3) is 11.0 Å². The Balaban J connectivity index is 1.29. The van der Waals surface area contributed by atoms with Gasteiger partial charge in [-0.05, 0) is 55.5 Å². The lowest BCUT2D eigenvalue weighted by Crippen LogP contribution is -2.40. The SMILES string of the molecule is O=C(NCCn1nc([C@H]2CCCN(C(=O)Cc3ccc(F)cc3)C2)c2cccnc21)C1CC1. The zero-order valence-electron chi connectivity index (χ0n) is 18.5. The van der Waals surface area contributed by atoms with E-state index in [-0.39, 0.29) is 35.9 Å². The molecular weight excluding hydrogens is 421 g/mol. The highest BCUT2D eigenvalue weighted by Gasteiger charge is 2.30. The number of likely N-dealkylation sites (tertiary alicyclic amines) is 1. The molecule has 3 heterocycles. The lowest BCUT2D eigenvalue weighted by Gasteiger charge is -2.32. The summed E-state index contributed by atoms with van der Waals surface area (Å²) in [6.07, 6.45) is 5.86. The van der Waals surface area contributed by atoms with Crippen LogP contribution in [0, 0.1) is 11.7 Å². The van der Waals surface area contributed by atoms with Gasteiger partial charge in [0.25, 0.3) is 0 Å². The lowest BCUT2D eigenvalue weighted by atomic mass is 9.93. The number of benzene rings is 1. The van der Waals surface area contributed by atoms with Gasteiger partial charge in [-0.1, -0.05) is 12.1 Å². The average molecular weight is 450 g/mol. The van der Waals surface area contributed by atoms with Gasteiger partial charge in [0.05, 0.1) is 18.7 Å². The second-order valence-corrected chi connectivity index (χ2v) is 9.03. The summed E-state index contributed by atoms with van der Waals surface area (Å²) < 4.78 is 15.0. The second-order valence-electron chi connectivity index (χ2n) is 9.03. The summed E-state index contributed by atoms with van der Waals surface area (Å²) in [7, 11) is 0. The molecule has 33 heavy (non-hydrogen) atoms. The van der Waals surface area contributed by atoms with Crippen molar-refractivity contribution in [3.05, 3.63) is 59.7 Å². The Kier molecular flexibility index (Phi) is 6.07. The van der Waals surface area contributed by atoms with Gasteiger partial charge in [-0.2, -0.15) is 5.10 Å². The molecule has 3 aromatic rings. The molecule has 7 nitrogen and oxygen atoms in total. The number of hydrogen-bond donors (Lipinski definition) is 1. The van der Waals surface area contributed by atoms with Crippen molar-refractivity contribution < 1.29 is 14.0 Å². The Morgan fingerprint density at radius 2 is 1.94 bits per heavy atom. The predicted octanol–water partition coefficient (Wildman–Crippen LogP) is 3.05. The Morgan fingerprint density at radius 3 is 2.73 bits per heavy atom. The molecule has 2 fully saturated rings. The van der Waals surface area contributed by atoms with Crippen LogP contribution in [0.1, 0.15) is 42.9 Å². The summed E-state index contributed by atoms with van der Waals surface area (Å²) >= 11 is 0. The topological polar surface area (TPSA) is 80.1 Å². The van der Waals surface area contributed by atoms with E-state index in [9.17, 15) is 14.0 Å². The maximum absolute atomic E-state index is 13.2. The van der Waals surface area contributed by atoms with Gasteiger partial charge in [-0.15, -0.1) is 0 Å². The van der Waals surface area contributed by atoms with E-state index in [0.29, 0.717) is 19.6 Å². The molecule has 1 aromatic carbocycles. The number of fused-ring (bicyclic) bond motifs is 1. The van der Waals surface area contributed by atoms with Crippen LogP contribution in [0.4, 0.5) is 4.39 Å². The maximum Gasteiger partial charge on any atom is 0.227 e. The quantitative estimate of drug-likeness (QED) is 0.601. The van der Waals surface area contributed by atoms with Gasteiger partial charge in [0.2, 0.25) is 11.8 Å². The summed E-state index contributed by atoms with van der Waals surface area (Å²) in [6, 6.07) is 10.0. The summed E-state index contributed by atoms with van der Waals surface area (Å²) in [5.74, 6) is 0.198. The number of rotatable bonds is 7. The number of carbonyl (C=O) groups is 2. The zero-order chi connectivity index (χ0) is 22.8. The Bertz CT molecular complexity index is 1160. The average Bonchev–Trinajstić information content (AvgIpc) is 3.63. The first-order valence-corrected chi connectivity index (χ1v) is 11.7. The summed E-state index contributed by atoms with van der Waals surface area (Å²) in [5.41, 5.74) is 2.59.